The van der Waals surface area contributed by atoms with Gasteiger partial charge in [-0.15, -0.1) is 0 Å². The van der Waals surface area contributed by atoms with E-state index in [1.165, 1.54) is 18.2 Å². The van der Waals surface area contributed by atoms with Crippen LogP contribution in [0.25, 0.3) is 0 Å². The number of phenols is 1. The van der Waals surface area contributed by atoms with E-state index in [2.05, 4.69) is 0 Å². The third-order valence-electron chi connectivity index (χ3n) is 1.83. The summed E-state index contributed by atoms with van der Waals surface area (Å²) in [5, 5.41) is 9.01. The third kappa shape index (κ3) is 2.41. The molecular formula is C10H12F2O. The van der Waals surface area contributed by atoms with E-state index in [1.54, 1.807) is 6.92 Å². The van der Waals surface area contributed by atoms with Gasteiger partial charge >= 0.3 is 0 Å². The number of rotatable bonds is 3. The van der Waals surface area contributed by atoms with Crippen LogP contribution in [0.2, 0.25) is 0 Å². The molecular weight excluding hydrogens is 174 g/mol. The van der Waals surface area contributed by atoms with Crippen molar-refractivity contribution in [3.8, 4) is 5.75 Å². The second kappa shape index (κ2) is 3.73. The minimum atomic E-state index is -2.83. The number of hydrogen-bond acceptors (Lipinski definition) is 1. The first-order valence-electron chi connectivity index (χ1n) is 4.23. The summed E-state index contributed by atoms with van der Waals surface area (Å²) in [6, 6.07) is 5.24. The lowest BCUT2D eigenvalue weighted by atomic mass is 10.0. The summed E-state index contributed by atoms with van der Waals surface area (Å²) in [6.45, 7) is 1.71. The largest absolute Gasteiger partial charge is 0.508 e. The summed E-state index contributed by atoms with van der Waals surface area (Å²) < 4.78 is 26.5. The fraction of sp³-hybridized carbons (Fsp3) is 0.400. The minimum absolute atomic E-state index is 0.116. The van der Waals surface area contributed by atoms with E-state index in [9.17, 15) is 8.78 Å². The van der Waals surface area contributed by atoms with Crippen LogP contribution in [0.15, 0.2) is 24.3 Å². The molecule has 0 atom stereocenters. The third-order valence-corrected chi connectivity index (χ3v) is 1.83. The van der Waals surface area contributed by atoms with Crippen LogP contribution in [-0.4, -0.2) is 5.11 Å². The van der Waals surface area contributed by atoms with E-state index >= 15 is 0 Å². The molecule has 0 aliphatic carbocycles. The molecule has 0 radical (unpaired) electrons. The van der Waals surface area contributed by atoms with Crippen molar-refractivity contribution in [2.45, 2.75) is 25.7 Å². The molecule has 1 nitrogen and oxygen atoms in total. The maximum atomic E-state index is 13.2. The lowest BCUT2D eigenvalue weighted by Crippen LogP contribution is -2.12. The SMILES string of the molecule is CCCC(F)(F)c1cccc(O)c1. The van der Waals surface area contributed by atoms with Crippen molar-refractivity contribution in [3.05, 3.63) is 29.8 Å². The predicted molar refractivity (Wildman–Crippen MR) is 46.9 cm³/mol. The Morgan fingerprint density at radius 2 is 2.08 bits per heavy atom. The Labute approximate surface area is 76.0 Å². The van der Waals surface area contributed by atoms with Crippen molar-refractivity contribution in [1.82, 2.24) is 0 Å². The topological polar surface area (TPSA) is 20.2 Å². The molecule has 0 aliphatic rings. The molecule has 0 saturated heterocycles. The first-order chi connectivity index (χ1) is 6.06. The van der Waals surface area contributed by atoms with Crippen LogP contribution in [0.1, 0.15) is 25.3 Å². The Balaban J connectivity index is 2.93. The standard InChI is InChI=1S/C10H12F2O/c1-2-6-10(11,12)8-4-3-5-9(13)7-8/h3-5,7,13H,2,6H2,1H3. The van der Waals surface area contributed by atoms with Crippen LogP contribution in [0.5, 0.6) is 5.75 Å². The van der Waals surface area contributed by atoms with Gasteiger partial charge < -0.3 is 5.11 Å². The average molecular weight is 186 g/mol. The lowest BCUT2D eigenvalue weighted by Gasteiger charge is -2.15. The van der Waals surface area contributed by atoms with Gasteiger partial charge in [0.1, 0.15) is 5.75 Å². The number of phenolic OH excluding ortho intramolecular Hbond substituents is 1. The Morgan fingerprint density at radius 3 is 2.62 bits per heavy atom. The van der Waals surface area contributed by atoms with E-state index in [-0.39, 0.29) is 17.7 Å². The fourth-order valence-electron chi connectivity index (χ4n) is 1.19. The quantitative estimate of drug-likeness (QED) is 0.768. The Hall–Kier alpha value is -1.12. The second-order valence-electron chi connectivity index (χ2n) is 3.00. The molecule has 0 fully saturated rings. The molecule has 3 heteroatoms. The number of benzene rings is 1. The Morgan fingerprint density at radius 1 is 1.38 bits per heavy atom. The van der Waals surface area contributed by atoms with Gasteiger partial charge in [-0.2, -0.15) is 0 Å². The van der Waals surface area contributed by atoms with E-state index in [0.717, 1.165) is 6.07 Å². The van der Waals surface area contributed by atoms with Crippen molar-refractivity contribution in [2.75, 3.05) is 0 Å². The zero-order valence-electron chi connectivity index (χ0n) is 7.43. The normalized spacial score (nSPS) is 11.6. The molecule has 1 N–H and O–H groups in total. The highest BCUT2D eigenvalue weighted by Crippen LogP contribution is 2.33. The molecule has 0 aliphatic heterocycles. The molecule has 0 unspecified atom stereocenters. The molecule has 1 rings (SSSR count). The van der Waals surface area contributed by atoms with E-state index < -0.39 is 5.92 Å². The van der Waals surface area contributed by atoms with Crippen LogP contribution in [-0.2, 0) is 5.92 Å². The molecule has 0 aromatic heterocycles. The van der Waals surface area contributed by atoms with Gasteiger partial charge in [-0.1, -0.05) is 25.5 Å². The molecule has 0 saturated carbocycles. The molecule has 1 aromatic rings. The van der Waals surface area contributed by atoms with Crippen LogP contribution in [0.3, 0.4) is 0 Å². The average Bonchev–Trinajstić information content (AvgIpc) is 2.04. The molecule has 0 bridgehead atoms. The Kier molecular flexibility index (Phi) is 2.86. The number of alkyl halides is 2. The van der Waals surface area contributed by atoms with Crippen LogP contribution < -0.4 is 0 Å². The van der Waals surface area contributed by atoms with E-state index in [4.69, 9.17) is 5.11 Å². The fourth-order valence-corrected chi connectivity index (χ4v) is 1.19. The van der Waals surface area contributed by atoms with Gasteiger partial charge in [0.05, 0.1) is 0 Å². The summed E-state index contributed by atoms with van der Waals surface area (Å²) >= 11 is 0. The second-order valence-corrected chi connectivity index (χ2v) is 3.00. The zero-order valence-corrected chi connectivity index (χ0v) is 7.43. The smallest absolute Gasteiger partial charge is 0.273 e. The number of aromatic hydroxyl groups is 1. The molecule has 0 spiro atoms. The zero-order chi connectivity index (χ0) is 9.90. The summed E-state index contributed by atoms with van der Waals surface area (Å²) in [7, 11) is 0. The molecule has 72 valence electrons. The summed E-state index contributed by atoms with van der Waals surface area (Å²) in [5.41, 5.74) is -0.116. The highest BCUT2D eigenvalue weighted by molar-refractivity contribution is 5.29. The lowest BCUT2D eigenvalue weighted by molar-refractivity contribution is -0.0142. The van der Waals surface area contributed by atoms with Gasteiger partial charge in [-0.3, -0.25) is 0 Å². The number of hydrogen-bond donors (Lipinski definition) is 1. The van der Waals surface area contributed by atoms with Gasteiger partial charge in [0.2, 0.25) is 0 Å². The monoisotopic (exact) mass is 186 g/mol. The first-order valence-corrected chi connectivity index (χ1v) is 4.23. The molecule has 0 heterocycles. The summed E-state index contributed by atoms with van der Waals surface area (Å²) in [4.78, 5) is 0. The van der Waals surface area contributed by atoms with Crippen molar-refractivity contribution in [1.29, 1.82) is 0 Å². The maximum absolute atomic E-state index is 13.2. The van der Waals surface area contributed by atoms with Crippen molar-refractivity contribution >= 4 is 0 Å². The number of halogens is 2. The van der Waals surface area contributed by atoms with Crippen LogP contribution in [0.4, 0.5) is 8.78 Å². The minimum Gasteiger partial charge on any atom is -0.508 e. The first kappa shape index (κ1) is 9.96. The van der Waals surface area contributed by atoms with Crippen molar-refractivity contribution in [2.24, 2.45) is 0 Å². The van der Waals surface area contributed by atoms with Gasteiger partial charge in [0, 0.05) is 12.0 Å². The predicted octanol–water partition coefficient (Wildman–Crippen LogP) is 3.28. The van der Waals surface area contributed by atoms with Crippen LogP contribution in [0, 0.1) is 0 Å². The Bertz CT molecular complexity index is 284. The van der Waals surface area contributed by atoms with Crippen molar-refractivity contribution in [3.63, 3.8) is 0 Å². The van der Waals surface area contributed by atoms with Crippen molar-refractivity contribution < 1.29 is 13.9 Å². The van der Waals surface area contributed by atoms with E-state index in [0.29, 0.717) is 6.42 Å². The van der Waals surface area contributed by atoms with Gasteiger partial charge in [-0.25, -0.2) is 8.78 Å². The highest BCUT2D eigenvalue weighted by atomic mass is 19.3. The van der Waals surface area contributed by atoms with E-state index in [1.807, 2.05) is 0 Å². The van der Waals surface area contributed by atoms with Gasteiger partial charge in [0.25, 0.3) is 5.92 Å². The van der Waals surface area contributed by atoms with Crippen LogP contribution >= 0.6 is 0 Å². The molecule has 1 aromatic carbocycles. The molecule has 0 amide bonds. The summed E-state index contributed by atoms with van der Waals surface area (Å²) in [5.74, 6) is -2.94. The maximum Gasteiger partial charge on any atom is 0.273 e. The van der Waals surface area contributed by atoms with Gasteiger partial charge in [0.15, 0.2) is 0 Å². The molecule has 13 heavy (non-hydrogen) atoms. The van der Waals surface area contributed by atoms with Gasteiger partial charge in [-0.05, 0) is 12.1 Å². The summed E-state index contributed by atoms with van der Waals surface area (Å²) in [6.07, 6.45) is 0.235. The highest BCUT2D eigenvalue weighted by Gasteiger charge is 2.30.